The summed E-state index contributed by atoms with van der Waals surface area (Å²) >= 11 is 0. The Kier molecular flexibility index (Phi) is 4.50. The molecule has 0 N–H and O–H groups in total. The number of carbonyl (C=O) groups excluding carboxylic acids is 1. The lowest BCUT2D eigenvalue weighted by molar-refractivity contribution is 0.0346. The third kappa shape index (κ3) is 3.45. The van der Waals surface area contributed by atoms with Gasteiger partial charge in [0.1, 0.15) is 6.10 Å². The smallest absolute Gasteiger partial charge is 0.338 e. The molecular weight excluding hydrogens is 212 g/mol. The molecule has 1 aromatic carbocycles. The fourth-order valence-corrected chi connectivity index (χ4v) is 2.03. The summed E-state index contributed by atoms with van der Waals surface area (Å²) in [7, 11) is 0. The lowest BCUT2D eigenvalue weighted by Crippen LogP contribution is -2.16. The SMILES string of the molecule is C=CCC(C)OC(=O)c1c(C)cc(C)cc1C. The second kappa shape index (κ2) is 5.67. The van der Waals surface area contributed by atoms with E-state index in [0.29, 0.717) is 12.0 Å². The van der Waals surface area contributed by atoms with Crippen molar-refractivity contribution >= 4 is 5.97 Å². The first-order valence-corrected chi connectivity index (χ1v) is 5.85. The van der Waals surface area contributed by atoms with Gasteiger partial charge in [-0.15, -0.1) is 6.58 Å². The maximum absolute atomic E-state index is 12.0. The average molecular weight is 232 g/mol. The number of benzene rings is 1. The molecule has 0 saturated heterocycles. The molecule has 0 heterocycles. The van der Waals surface area contributed by atoms with Gasteiger partial charge in [-0.05, 0) is 38.8 Å². The van der Waals surface area contributed by atoms with Gasteiger partial charge in [-0.25, -0.2) is 4.79 Å². The minimum Gasteiger partial charge on any atom is -0.459 e. The third-order valence-electron chi connectivity index (χ3n) is 2.69. The normalized spacial score (nSPS) is 12.0. The molecule has 92 valence electrons. The third-order valence-corrected chi connectivity index (χ3v) is 2.69. The van der Waals surface area contributed by atoms with Crippen molar-refractivity contribution in [2.75, 3.05) is 0 Å². The molecule has 0 amide bonds. The van der Waals surface area contributed by atoms with Crippen LogP contribution in [0.15, 0.2) is 24.8 Å². The molecule has 0 aliphatic heterocycles. The van der Waals surface area contributed by atoms with E-state index in [4.69, 9.17) is 4.74 Å². The van der Waals surface area contributed by atoms with Crippen LogP contribution < -0.4 is 0 Å². The molecule has 17 heavy (non-hydrogen) atoms. The lowest BCUT2D eigenvalue weighted by Gasteiger charge is -2.14. The zero-order chi connectivity index (χ0) is 13.0. The highest BCUT2D eigenvalue weighted by Gasteiger charge is 2.16. The van der Waals surface area contributed by atoms with E-state index in [2.05, 4.69) is 6.58 Å². The summed E-state index contributed by atoms with van der Waals surface area (Å²) in [5.74, 6) is -0.241. The first kappa shape index (κ1) is 13.5. The molecule has 2 nitrogen and oxygen atoms in total. The van der Waals surface area contributed by atoms with E-state index in [0.717, 1.165) is 16.7 Å². The Labute approximate surface area is 103 Å². The molecule has 2 heteroatoms. The maximum Gasteiger partial charge on any atom is 0.338 e. The number of carbonyl (C=O) groups is 1. The van der Waals surface area contributed by atoms with Crippen molar-refractivity contribution in [3.63, 3.8) is 0 Å². The van der Waals surface area contributed by atoms with Crippen LogP contribution in [0.3, 0.4) is 0 Å². The van der Waals surface area contributed by atoms with Crippen molar-refractivity contribution in [2.45, 2.75) is 40.2 Å². The van der Waals surface area contributed by atoms with Crippen LogP contribution in [0.1, 0.15) is 40.4 Å². The molecule has 0 aliphatic rings. The van der Waals surface area contributed by atoms with E-state index in [1.807, 2.05) is 39.8 Å². The predicted molar refractivity (Wildman–Crippen MR) is 70.3 cm³/mol. The summed E-state index contributed by atoms with van der Waals surface area (Å²) in [4.78, 5) is 12.0. The van der Waals surface area contributed by atoms with Crippen LogP contribution in [-0.2, 0) is 4.74 Å². The van der Waals surface area contributed by atoms with E-state index < -0.39 is 0 Å². The van der Waals surface area contributed by atoms with Gasteiger partial charge in [0, 0.05) is 6.42 Å². The molecule has 1 atom stereocenters. The largest absolute Gasteiger partial charge is 0.459 e. The standard InChI is InChI=1S/C15H20O2/c1-6-7-13(5)17-15(16)14-11(3)8-10(2)9-12(14)4/h6,8-9,13H,1,7H2,2-5H3. The molecule has 1 unspecified atom stereocenters. The molecule has 0 aromatic heterocycles. The van der Waals surface area contributed by atoms with Crippen LogP contribution in [0.2, 0.25) is 0 Å². The molecule has 0 bridgehead atoms. The Balaban J connectivity index is 2.93. The minimum absolute atomic E-state index is 0.125. The van der Waals surface area contributed by atoms with E-state index in [-0.39, 0.29) is 12.1 Å². The van der Waals surface area contributed by atoms with Crippen LogP contribution in [0.4, 0.5) is 0 Å². The van der Waals surface area contributed by atoms with E-state index >= 15 is 0 Å². The minimum atomic E-state index is -0.241. The fourth-order valence-electron chi connectivity index (χ4n) is 2.03. The van der Waals surface area contributed by atoms with Gasteiger partial charge in [-0.1, -0.05) is 23.8 Å². The van der Waals surface area contributed by atoms with Gasteiger partial charge in [0.05, 0.1) is 5.56 Å². The zero-order valence-electron chi connectivity index (χ0n) is 11.0. The van der Waals surface area contributed by atoms with Crippen molar-refractivity contribution in [1.82, 2.24) is 0 Å². The average Bonchev–Trinajstić information content (AvgIpc) is 2.15. The van der Waals surface area contributed by atoms with E-state index in [1.165, 1.54) is 0 Å². The molecule has 1 rings (SSSR count). The second-order valence-electron chi connectivity index (χ2n) is 4.51. The molecule has 0 spiro atoms. The number of ether oxygens (including phenoxy) is 1. The Morgan fingerprint density at radius 1 is 1.35 bits per heavy atom. The van der Waals surface area contributed by atoms with Gasteiger partial charge in [0.15, 0.2) is 0 Å². The van der Waals surface area contributed by atoms with Crippen LogP contribution in [-0.4, -0.2) is 12.1 Å². The van der Waals surface area contributed by atoms with Crippen LogP contribution in [0.5, 0.6) is 0 Å². The topological polar surface area (TPSA) is 26.3 Å². The Morgan fingerprint density at radius 2 is 1.88 bits per heavy atom. The molecule has 0 radical (unpaired) electrons. The van der Waals surface area contributed by atoms with Crippen LogP contribution in [0.25, 0.3) is 0 Å². The first-order chi connectivity index (χ1) is 7.95. The van der Waals surface area contributed by atoms with E-state index in [9.17, 15) is 4.79 Å². The van der Waals surface area contributed by atoms with Crippen molar-refractivity contribution in [1.29, 1.82) is 0 Å². The van der Waals surface area contributed by atoms with Gasteiger partial charge in [0.25, 0.3) is 0 Å². The van der Waals surface area contributed by atoms with Crippen molar-refractivity contribution in [3.8, 4) is 0 Å². The highest BCUT2D eigenvalue weighted by molar-refractivity contribution is 5.92. The van der Waals surface area contributed by atoms with Crippen molar-refractivity contribution < 1.29 is 9.53 Å². The number of hydrogen-bond donors (Lipinski definition) is 0. The number of rotatable bonds is 4. The quantitative estimate of drug-likeness (QED) is 0.584. The summed E-state index contributed by atoms with van der Waals surface area (Å²) in [5, 5.41) is 0. The number of aryl methyl sites for hydroxylation is 3. The summed E-state index contributed by atoms with van der Waals surface area (Å²) in [6.45, 7) is 11.4. The lowest BCUT2D eigenvalue weighted by atomic mass is 10.00. The Morgan fingerprint density at radius 3 is 2.35 bits per heavy atom. The van der Waals surface area contributed by atoms with Crippen molar-refractivity contribution in [2.24, 2.45) is 0 Å². The predicted octanol–water partition coefficient (Wildman–Crippen LogP) is 3.73. The highest BCUT2D eigenvalue weighted by Crippen LogP contribution is 2.18. The number of esters is 1. The fraction of sp³-hybridized carbons (Fsp3) is 0.400. The summed E-state index contributed by atoms with van der Waals surface area (Å²) in [6.07, 6.45) is 2.31. The van der Waals surface area contributed by atoms with Gasteiger partial charge in [-0.2, -0.15) is 0 Å². The van der Waals surface area contributed by atoms with Crippen LogP contribution >= 0.6 is 0 Å². The van der Waals surface area contributed by atoms with Gasteiger partial charge in [-0.3, -0.25) is 0 Å². The molecule has 0 saturated carbocycles. The highest BCUT2D eigenvalue weighted by atomic mass is 16.5. The van der Waals surface area contributed by atoms with Gasteiger partial charge >= 0.3 is 5.97 Å². The molecular formula is C15H20O2. The molecule has 0 aliphatic carbocycles. The van der Waals surface area contributed by atoms with Crippen LogP contribution in [0, 0.1) is 20.8 Å². The van der Waals surface area contributed by atoms with E-state index in [1.54, 1.807) is 6.08 Å². The summed E-state index contributed by atoms with van der Waals surface area (Å²) in [6, 6.07) is 4.00. The Bertz CT molecular complexity index is 410. The molecule has 0 fully saturated rings. The second-order valence-corrected chi connectivity index (χ2v) is 4.51. The summed E-state index contributed by atoms with van der Waals surface area (Å²) in [5.41, 5.74) is 3.79. The number of hydrogen-bond acceptors (Lipinski definition) is 2. The first-order valence-electron chi connectivity index (χ1n) is 5.85. The molecule has 1 aromatic rings. The monoisotopic (exact) mass is 232 g/mol. The van der Waals surface area contributed by atoms with Gasteiger partial charge < -0.3 is 4.74 Å². The van der Waals surface area contributed by atoms with Crippen molar-refractivity contribution in [3.05, 3.63) is 47.0 Å². The van der Waals surface area contributed by atoms with Gasteiger partial charge in [0.2, 0.25) is 0 Å². The Hall–Kier alpha value is -1.57. The zero-order valence-corrected chi connectivity index (χ0v) is 11.0. The maximum atomic E-state index is 12.0. The summed E-state index contributed by atoms with van der Waals surface area (Å²) < 4.78 is 5.37.